The third-order valence-corrected chi connectivity index (χ3v) is 12.0. The first-order valence-corrected chi connectivity index (χ1v) is 16.3. The zero-order chi connectivity index (χ0) is 28.0. The van der Waals surface area contributed by atoms with E-state index in [9.17, 15) is 0 Å². The van der Waals surface area contributed by atoms with Crippen LogP contribution in [0.3, 0.4) is 0 Å². The van der Waals surface area contributed by atoms with Crippen molar-refractivity contribution in [1.29, 1.82) is 0 Å². The summed E-state index contributed by atoms with van der Waals surface area (Å²) in [5, 5.41) is 4.32. The lowest BCUT2D eigenvalue weighted by atomic mass is 10.1. The molecule has 0 radical (unpaired) electrons. The third kappa shape index (κ3) is 7.50. The molecule has 0 unspecified atom stereocenters. The van der Waals surface area contributed by atoms with E-state index in [4.69, 9.17) is 9.26 Å². The van der Waals surface area contributed by atoms with Gasteiger partial charge in [-0.05, 0) is 30.7 Å². The molecule has 0 N–H and O–H groups in total. The van der Waals surface area contributed by atoms with Crippen LogP contribution in [0.4, 0.5) is 10.3 Å². The standard InChI is InChI=1S/C30H40FN5O2Si/c1-30(2,3)39(5,6)38-22-24-13-10-14-27(28(24)31)25-17-32-29(33-18-25)36-20-26(21-36)34-37-16-15-35(4)19-23-11-8-7-9-12-23/h7-14,17-18H,15-16,19-22H2,1-6H3. The molecule has 1 saturated heterocycles. The molecule has 1 aliphatic rings. The summed E-state index contributed by atoms with van der Waals surface area (Å²) in [5.74, 6) is 0.315. The molecule has 7 nitrogen and oxygen atoms in total. The summed E-state index contributed by atoms with van der Waals surface area (Å²) in [6, 6.07) is 15.8. The van der Waals surface area contributed by atoms with Crippen molar-refractivity contribution in [3.63, 3.8) is 0 Å². The fourth-order valence-electron chi connectivity index (χ4n) is 3.91. The van der Waals surface area contributed by atoms with E-state index in [1.165, 1.54) is 5.56 Å². The maximum Gasteiger partial charge on any atom is 0.225 e. The van der Waals surface area contributed by atoms with Crippen LogP contribution in [0.1, 0.15) is 31.9 Å². The summed E-state index contributed by atoms with van der Waals surface area (Å²) in [4.78, 5) is 18.7. The maximum atomic E-state index is 15.4. The monoisotopic (exact) mass is 549 g/mol. The van der Waals surface area contributed by atoms with Crippen molar-refractivity contribution >= 4 is 20.0 Å². The molecule has 9 heteroatoms. The summed E-state index contributed by atoms with van der Waals surface area (Å²) in [5.41, 5.74) is 3.90. The molecule has 0 aliphatic carbocycles. The first-order chi connectivity index (χ1) is 18.5. The van der Waals surface area contributed by atoms with Crippen molar-refractivity contribution in [1.82, 2.24) is 14.9 Å². The van der Waals surface area contributed by atoms with Crippen LogP contribution in [0.25, 0.3) is 11.1 Å². The summed E-state index contributed by atoms with van der Waals surface area (Å²) in [6.45, 7) is 14.6. The molecule has 2 aromatic carbocycles. The Hall–Kier alpha value is -3.14. The first-order valence-electron chi connectivity index (χ1n) is 13.4. The Morgan fingerprint density at radius 3 is 2.38 bits per heavy atom. The Morgan fingerprint density at radius 1 is 1.03 bits per heavy atom. The van der Waals surface area contributed by atoms with E-state index in [1.807, 2.05) is 29.2 Å². The molecule has 0 bridgehead atoms. The van der Waals surface area contributed by atoms with E-state index in [0.717, 1.165) is 18.8 Å². The molecular weight excluding hydrogens is 509 g/mol. The van der Waals surface area contributed by atoms with Crippen molar-refractivity contribution < 1.29 is 13.7 Å². The highest BCUT2D eigenvalue weighted by Crippen LogP contribution is 2.37. The largest absolute Gasteiger partial charge is 0.412 e. The molecule has 1 aliphatic heterocycles. The van der Waals surface area contributed by atoms with Gasteiger partial charge in [-0.3, -0.25) is 4.90 Å². The predicted octanol–water partition coefficient (Wildman–Crippen LogP) is 6.13. The highest BCUT2D eigenvalue weighted by Gasteiger charge is 2.37. The van der Waals surface area contributed by atoms with Crippen LogP contribution in [-0.4, -0.2) is 62.2 Å². The highest BCUT2D eigenvalue weighted by atomic mass is 28.4. The summed E-state index contributed by atoms with van der Waals surface area (Å²) in [6.07, 6.45) is 3.35. The summed E-state index contributed by atoms with van der Waals surface area (Å²) >= 11 is 0. The number of oxime groups is 1. The molecule has 0 spiro atoms. The molecule has 208 valence electrons. The number of aromatic nitrogens is 2. The van der Waals surface area contributed by atoms with Gasteiger partial charge in [-0.2, -0.15) is 0 Å². The van der Waals surface area contributed by atoms with Gasteiger partial charge in [-0.25, -0.2) is 14.4 Å². The van der Waals surface area contributed by atoms with Crippen molar-refractivity contribution in [3.05, 3.63) is 77.9 Å². The number of hydrogen-bond acceptors (Lipinski definition) is 7. The lowest BCUT2D eigenvalue weighted by Crippen LogP contribution is -2.48. The summed E-state index contributed by atoms with van der Waals surface area (Å²) < 4.78 is 21.6. The second kappa shape index (κ2) is 12.4. The van der Waals surface area contributed by atoms with Gasteiger partial charge in [0.05, 0.1) is 25.4 Å². The highest BCUT2D eigenvalue weighted by molar-refractivity contribution is 6.74. The SMILES string of the molecule is CN(CCON=C1CN(c2ncc(-c3cccc(CO[Si](C)(C)C(C)(C)C)c3F)cn2)C1)Cc1ccccc1. The van der Waals surface area contributed by atoms with Crippen LogP contribution >= 0.6 is 0 Å². The minimum atomic E-state index is -1.98. The van der Waals surface area contributed by atoms with E-state index in [1.54, 1.807) is 24.5 Å². The fourth-order valence-corrected chi connectivity index (χ4v) is 4.86. The van der Waals surface area contributed by atoms with Gasteiger partial charge in [-0.1, -0.05) is 74.5 Å². The van der Waals surface area contributed by atoms with Gasteiger partial charge >= 0.3 is 0 Å². The van der Waals surface area contributed by atoms with E-state index < -0.39 is 8.32 Å². The number of hydrogen-bond donors (Lipinski definition) is 0. The second-order valence-electron chi connectivity index (χ2n) is 11.7. The molecule has 4 rings (SSSR count). The third-order valence-electron chi connectivity index (χ3n) is 7.51. The van der Waals surface area contributed by atoms with Crippen LogP contribution in [0.15, 0.2) is 66.1 Å². The number of nitrogens with zero attached hydrogens (tertiary/aromatic N) is 5. The van der Waals surface area contributed by atoms with Gasteiger partial charge in [0.2, 0.25) is 5.95 Å². The Balaban J connectivity index is 1.26. The molecular formula is C30H40FN5O2Si. The quantitative estimate of drug-likeness (QED) is 0.163. The predicted molar refractivity (Wildman–Crippen MR) is 158 cm³/mol. The zero-order valence-electron chi connectivity index (χ0n) is 23.9. The normalized spacial score (nSPS) is 13.9. The number of anilines is 1. The Labute approximate surface area is 232 Å². The first kappa shape index (κ1) is 28.9. The Kier molecular flexibility index (Phi) is 9.14. The van der Waals surface area contributed by atoms with Gasteiger partial charge in [-0.15, -0.1) is 0 Å². The van der Waals surface area contributed by atoms with Gasteiger partial charge < -0.3 is 14.2 Å². The number of halogens is 1. The molecule has 3 aromatic rings. The average molecular weight is 550 g/mol. The molecule has 1 aromatic heterocycles. The summed E-state index contributed by atoms with van der Waals surface area (Å²) in [7, 11) is 0.0910. The van der Waals surface area contributed by atoms with Crippen LogP contribution in [0, 0.1) is 5.82 Å². The van der Waals surface area contributed by atoms with Gasteiger partial charge in [0.25, 0.3) is 0 Å². The van der Waals surface area contributed by atoms with Gasteiger partial charge in [0.15, 0.2) is 8.32 Å². The molecule has 39 heavy (non-hydrogen) atoms. The maximum absolute atomic E-state index is 15.4. The van der Waals surface area contributed by atoms with Crippen molar-refractivity contribution in [2.75, 3.05) is 38.2 Å². The zero-order valence-corrected chi connectivity index (χ0v) is 24.9. The fraction of sp³-hybridized carbons (Fsp3) is 0.433. The molecule has 0 amide bonds. The second-order valence-corrected chi connectivity index (χ2v) is 16.5. The van der Waals surface area contributed by atoms with E-state index in [-0.39, 0.29) is 17.5 Å². The van der Waals surface area contributed by atoms with E-state index in [2.05, 4.69) is 73.1 Å². The molecule has 0 atom stereocenters. The molecule has 0 saturated carbocycles. The molecule has 2 heterocycles. The van der Waals surface area contributed by atoms with E-state index >= 15 is 4.39 Å². The Morgan fingerprint density at radius 2 is 1.72 bits per heavy atom. The topological polar surface area (TPSA) is 63.1 Å². The van der Waals surface area contributed by atoms with Crippen molar-refractivity contribution in [3.8, 4) is 11.1 Å². The molecule has 1 fully saturated rings. The van der Waals surface area contributed by atoms with Crippen molar-refractivity contribution in [2.24, 2.45) is 5.16 Å². The van der Waals surface area contributed by atoms with Crippen LogP contribution in [0.5, 0.6) is 0 Å². The minimum absolute atomic E-state index is 0.0670. The van der Waals surface area contributed by atoms with Crippen LogP contribution < -0.4 is 4.90 Å². The van der Waals surface area contributed by atoms with Crippen LogP contribution in [-0.2, 0) is 22.4 Å². The number of rotatable bonds is 11. The Bertz CT molecular complexity index is 1250. The van der Waals surface area contributed by atoms with Crippen LogP contribution in [0.2, 0.25) is 18.1 Å². The lowest BCUT2D eigenvalue weighted by molar-refractivity contribution is 0.116. The smallest absolute Gasteiger partial charge is 0.225 e. The number of benzene rings is 2. The van der Waals surface area contributed by atoms with E-state index in [0.29, 0.717) is 42.3 Å². The number of likely N-dealkylation sites (N-methyl/N-ethyl adjacent to an activating group) is 1. The lowest BCUT2D eigenvalue weighted by Gasteiger charge is -2.36. The van der Waals surface area contributed by atoms with Gasteiger partial charge in [0, 0.05) is 42.2 Å². The average Bonchev–Trinajstić information content (AvgIpc) is 2.87. The minimum Gasteiger partial charge on any atom is -0.412 e. The van der Waals surface area contributed by atoms with Gasteiger partial charge in [0.1, 0.15) is 12.4 Å². The van der Waals surface area contributed by atoms with Crippen molar-refractivity contribution in [2.45, 2.75) is 52.1 Å².